The maximum absolute atomic E-state index is 12.7. The molecule has 0 bridgehead atoms. The van der Waals surface area contributed by atoms with Crippen molar-refractivity contribution in [2.24, 2.45) is 0 Å². The minimum absolute atomic E-state index is 0.0546. The van der Waals surface area contributed by atoms with Gasteiger partial charge in [-0.25, -0.2) is 4.79 Å². The SMILES string of the molecule is C=CCNC(=O)n1nc(-c2ccc(NC(=O)c3ccccc3Cl)cc2O)cc1C1CCCC1. The Morgan fingerprint density at radius 1 is 1.18 bits per heavy atom. The number of carbonyl (C=O) groups excluding carboxylic acids is 2. The molecule has 7 nitrogen and oxygen atoms in total. The van der Waals surface area contributed by atoms with E-state index >= 15 is 0 Å². The summed E-state index contributed by atoms with van der Waals surface area (Å²) in [7, 11) is 0. The van der Waals surface area contributed by atoms with Gasteiger partial charge in [-0.3, -0.25) is 4.79 Å². The molecule has 1 heterocycles. The summed E-state index contributed by atoms with van der Waals surface area (Å²) < 4.78 is 1.39. The van der Waals surface area contributed by atoms with Gasteiger partial charge < -0.3 is 15.7 Å². The van der Waals surface area contributed by atoms with E-state index < -0.39 is 0 Å². The first-order valence-electron chi connectivity index (χ1n) is 10.9. The Morgan fingerprint density at radius 2 is 1.94 bits per heavy atom. The maximum Gasteiger partial charge on any atom is 0.342 e. The number of amides is 2. The minimum Gasteiger partial charge on any atom is -0.507 e. The number of anilines is 1. The van der Waals surface area contributed by atoms with Crippen LogP contribution in [0, 0.1) is 0 Å². The molecule has 0 atom stereocenters. The van der Waals surface area contributed by atoms with Crippen LogP contribution in [-0.4, -0.2) is 33.4 Å². The quantitative estimate of drug-likeness (QED) is 0.416. The minimum atomic E-state index is -0.376. The van der Waals surface area contributed by atoms with Crippen LogP contribution in [0.2, 0.25) is 5.02 Å². The number of phenolic OH excluding ortho intramolecular Hbond substituents is 1. The van der Waals surface area contributed by atoms with Gasteiger partial charge in [0.25, 0.3) is 5.91 Å². The van der Waals surface area contributed by atoms with Crippen molar-refractivity contribution < 1.29 is 14.7 Å². The van der Waals surface area contributed by atoms with E-state index in [2.05, 4.69) is 22.3 Å². The summed E-state index contributed by atoms with van der Waals surface area (Å²) in [5.41, 5.74) is 2.56. The van der Waals surface area contributed by atoms with Crippen molar-refractivity contribution in [1.29, 1.82) is 0 Å². The van der Waals surface area contributed by atoms with E-state index in [-0.39, 0.29) is 23.6 Å². The summed E-state index contributed by atoms with van der Waals surface area (Å²) in [4.78, 5) is 25.2. The molecule has 8 heteroatoms. The molecule has 1 aliphatic rings. The van der Waals surface area contributed by atoms with Gasteiger partial charge in [0.1, 0.15) is 5.75 Å². The molecule has 33 heavy (non-hydrogen) atoms. The fraction of sp³-hybridized carbons (Fsp3) is 0.240. The number of phenols is 1. The predicted octanol–water partition coefficient (Wildman–Crippen LogP) is 5.56. The molecule has 4 rings (SSSR count). The molecule has 170 valence electrons. The molecular formula is C25H25ClN4O3. The molecule has 1 aromatic heterocycles. The third kappa shape index (κ3) is 4.93. The van der Waals surface area contributed by atoms with Crippen molar-refractivity contribution in [1.82, 2.24) is 15.1 Å². The van der Waals surface area contributed by atoms with Crippen molar-refractivity contribution in [2.75, 3.05) is 11.9 Å². The van der Waals surface area contributed by atoms with E-state index in [1.54, 1.807) is 42.5 Å². The van der Waals surface area contributed by atoms with Crippen LogP contribution in [0.25, 0.3) is 11.3 Å². The molecule has 0 saturated heterocycles. The fourth-order valence-corrected chi connectivity index (χ4v) is 4.33. The molecule has 3 aromatic rings. The average molecular weight is 465 g/mol. The van der Waals surface area contributed by atoms with E-state index in [4.69, 9.17) is 11.6 Å². The largest absolute Gasteiger partial charge is 0.507 e. The summed E-state index contributed by atoms with van der Waals surface area (Å²) >= 11 is 6.09. The van der Waals surface area contributed by atoms with Crippen LogP contribution in [-0.2, 0) is 0 Å². The zero-order valence-corrected chi connectivity index (χ0v) is 18.8. The molecule has 2 amide bonds. The van der Waals surface area contributed by atoms with Gasteiger partial charge in [0.2, 0.25) is 0 Å². The van der Waals surface area contributed by atoms with Gasteiger partial charge in [0.05, 0.1) is 22.0 Å². The number of hydrogen-bond donors (Lipinski definition) is 3. The van der Waals surface area contributed by atoms with Crippen molar-refractivity contribution in [2.45, 2.75) is 31.6 Å². The van der Waals surface area contributed by atoms with Gasteiger partial charge >= 0.3 is 6.03 Å². The monoisotopic (exact) mass is 464 g/mol. The number of nitrogens with one attached hydrogen (secondary N) is 2. The predicted molar refractivity (Wildman–Crippen MR) is 129 cm³/mol. The van der Waals surface area contributed by atoms with Crippen LogP contribution in [0.5, 0.6) is 5.75 Å². The van der Waals surface area contributed by atoms with Crippen LogP contribution in [0.15, 0.2) is 61.2 Å². The normalized spacial score (nSPS) is 13.6. The number of carbonyl (C=O) groups is 2. The molecule has 0 spiro atoms. The van der Waals surface area contributed by atoms with Crippen LogP contribution in [0.4, 0.5) is 10.5 Å². The highest BCUT2D eigenvalue weighted by Crippen LogP contribution is 2.38. The lowest BCUT2D eigenvalue weighted by molar-refractivity contribution is 0.102. The first-order chi connectivity index (χ1) is 16.0. The number of rotatable bonds is 6. The lowest BCUT2D eigenvalue weighted by Gasteiger charge is -2.11. The Morgan fingerprint density at radius 3 is 2.64 bits per heavy atom. The van der Waals surface area contributed by atoms with Gasteiger partial charge in [-0.1, -0.05) is 42.7 Å². The zero-order chi connectivity index (χ0) is 23.4. The first-order valence-corrected chi connectivity index (χ1v) is 11.2. The highest BCUT2D eigenvalue weighted by atomic mass is 35.5. The molecule has 3 N–H and O–H groups in total. The molecule has 0 unspecified atom stereocenters. The number of aromatic nitrogens is 2. The van der Waals surface area contributed by atoms with Crippen molar-refractivity contribution >= 4 is 29.2 Å². The van der Waals surface area contributed by atoms with Crippen LogP contribution >= 0.6 is 11.6 Å². The molecule has 1 fully saturated rings. The lowest BCUT2D eigenvalue weighted by atomic mass is 10.0. The van der Waals surface area contributed by atoms with E-state index in [9.17, 15) is 14.7 Å². The van der Waals surface area contributed by atoms with E-state index in [0.717, 1.165) is 31.4 Å². The lowest BCUT2D eigenvalue weighted by Crippen LogP contribution is -2.31. The summed E-state index contributed by atoms with van der Waals surface area (Å²) in [5.74, 6) is -0.183. The molecule has 1 saturated carbocycles. The van der Waals surface area contributed by atoms with Crippen LogP contribution in [0.1, 0.15) is 47.7 Å². The highest BCUT2D eigenvalue weighted by molar-refractivity contribution is 6.34. The Hall–Kier alpha value is -3.58. The first kappa shape index (κ1) is 22.6. The summed E-state index contributed by atoms with van der Waals surface area (Å²) in [5, 5.41) is 21.0. The molecule has 0 aliphatic heterocycles. The van der Waals surface area contributed by atoms with Gasteiger partial charge in [-0.2, -0.15) is 9.78 Å². The Bertz CT molecular complexity index is 1200. The summed E-state index contributed by atoms with van der Waals surface area (Å²) in [6, 6.07) is 13.1. The Kier molecular flexibility index (Phi) is 6.79. The zero-order valence-electron chi connectivity index (χ0n) is 18.1. The second-order valence-electron chi connectivity index (χ2n) is 7.99. The van der Waals surface area contributed by atoms with Gasteiger partial charge in [0.15, 0.2) is 0 Å². The Labute approximate surface area is 197 Å². The van der Waals surface area contributed by atoms with Crippen molar-refractivity contribution in [3.8, 4) is 17.0 Å². The average Bonchev–Trinajstić information content (AvgIpc) is 3.48. The standard InChI is InChI=1S/C25H25ClN4O3/c1-2-13-27-25(33)30-22(16-7-3-4-8-16)15-21(29-30)19-12-11-17(14-23(19)31)28-24(32)18-9-5-6-10-20(18)26/h2,5-6,9-12,14-16,31H,1,3-4,7-8,13H2,(H,27,33)(H,28,32). The number of nitrogens with zero attached hydrogens (tertiary/aromatic N) is 2. The maximum atomic E-state index is 12.7. The van der Waals surface area contributed by atoms with Crippen LogP contribution in [0.3, 0.4) is 0 Å². The highest BCUT2D eigenvalue weighted by Gasteiger charge is 2.26. The topological polar surface area (TPSA) is 96.3 Å². The molecule has 1 aliphatic carbocycles. The van der Waals surface area contributed by atoms with E-state index in [1.165, 1.54) is 10.7 Å². The molecular weight excluding hydrogens is 440 g/mol. The molecule has 0 radical (unpaired) electrons. The van der Waals surface area contributed by atoms with Crippen molar-refractivity contribution in [3.63, 3.8) is 0 Å². The Balaban J connectivity index is 1.61. The van der Waals surface area contributed by atoms with Crippen LogP contribution < -0.4 is 10.6 Å². The van der Waals surface area contributed by atoms with E-state index in [0.29, 0.717) is 34.1 Å². The number of halogens is 1. The van der Waals surface area contributed by atoms with Gasteiger partial charge in [0, 0.05) is 29.8 Å². The third-order valence-electron chi connectivity index (χ3n) is 5.75. The number of hydrogen-bond acceptors (Lipinski definition) is 4. The molecule has 2 aromatic carbocycles. The fourth-order valence-electron chi connectivity index (χ4n) is 4.11. The third-order valence-corrected chi connectivity index (χ3v) is 6.08. The van der Waals surface area contributed by atoms with Crippen molar-refractivity contribution in [3.05, 3.63) is 77.5 Å². The summed E-state index contributed by atoms with van der Waals surface area (Å²) in [6.07, 6.45) is 5.84. The number of aromatic hydroxyl groups is 1. The smallest absolute Gasteiger partial charge is 0.342 e. The summed E-state index contributed by atoms with van der Waals surface area (Å²) in [6.45, 7) is 3.97. The van der Waals surface area contributed by atoms with E-state index in [1.807, 2.05) is 6.07 Å². The second-order valence-corrected chi connectivity index (χ2v) is 8.40. The second kappa shape index (κ2) is 9.92. The van der Waals surface area contributed by atoms with Gasteiger partial charge in [-0.15, -0.1) is 6.58 Å². The van der Waals surface area contributed by atoms with Gasteiger partial charge in [-0.05, 0) is 43.2 Å². The number of benzene rings is 2.